The molecule has 2 aromatic carbocycles. The minimum atomic E-state index is -0.353. The molecule has 1 aliphatic rings. The standard InChI is InChI=1S/C20H17ClN4O/c1-11-7-14(8-12(2)19(11)23)17(10-22)18-13(3)24-25(20(18)26)16-6-4-5-15(21)9-16/h4-9H,23H2,1-3H3/b18-17+. The summed E-state index contributed by atoms with van der Waals surface area (Å²) in [7, 11) is 0. The largest absolute Gasteiger partial charge is 0.398 e. The number of nitrogens with zero attached hydrogens (tertiary/aromatic N) is 3. The van der Waals surface area contributed by atoms with Crippen LogP contribution in [0.25, 0.3) is 5.57 Å². The topological polar surface area (TPSA) is 82.5 Å². The lowest BCUT2D eigenvalue weighted by Gasteiger charge is -2.13. The van der Waals surface area contributed by atoms with Gasteiger partial charge in [-0.1, -0.05) is 17.7 Å². The molecule has 0 bridgehead atoms. The molecule has 0 aromatic heterocycles. The van der Waals surface area contributed by atoms with Crippen molar-refractivity contribution in [2.24, 2.45) is 5.10 Å². The number of nitrogen functional groups attached to an aromatic ring is 1. The fraction of sp³-hybridized carbons (Fsp3) is 0.150. The number of nitrogens with two attached hydrogens (primary N) is 1. The quantitative estimate of drug-likeness (QED) is 0.491. The van der Waals surface area contributed by atoms with E-state index in [9.17, 15) is 10.1 Å². The molecule has 0 radical (unpaired) electrons. The molecule has 2 aromatic rings. The third-order valence-corrected chi connectivity index (χ3v) is 4.55. The summed E-state index contributed by atoms with van der Waals surface area (Å²) in [6, 6.07) is 12.7. The summed E-state index contributed by atoms with van der Waals surface area (Å²) < 4.78 is 0. The van der Waals surface area contributed by atoms with E-state index < -0.39 is 0 Å². The van der Waals surface area contributed by atoms with Crippen LogP contribution < -0.4 is 10.7 Å². The van der Waals surface area contributed by atoms with E-state index in [2.05, 4.69) is 11.2 Å². The third-order valence-electron chi connectivity index (χ3n) is 4.31. The Morgan fingerprint density at radius 2 is 1.85 bits per heavy atom. The first-order chi connectivity index (χ1) is 12.3. The Morgan fingerprint density at radius 1 is 1.19 bits per heavy atom. The smallest absolute Gasteiger partial charge is 0.281 e. The first kappa shape index (κ1) is 17.7. The van der Waals surface area contributed by atoms with Crippen LogP contribution >= 0.6 is 11.6 Å². The van der Waals surface area contributed by atoms with Crippen LogP contribution in [0.3, 0.4) is 0 Å². The Labute approximate surface area is 157 Å². The number of hydrogen-bond acceptors (Lipinski definition) is 4. The van der Waals surface area contributed by atoms with E-state index in [1.807, 2.05) is 26.0 Å². The van der Waals surface area contributed by atoms with Gasteiger partial charge in [0.25, 0.3) is 5.91 Å². The molecule has 1 heterocycles. The summed E-state index contributed by atoms with van der Waals surface area (Å²) in [4.78, 5) is 13.0. The predicted molar refractivity (Wildman–Crippen MR) is 105 cm³/mol. The number of aryl methyl sites for hydroxylation is 2. The van der Waals surface area contributed by atoms with Crippen LogP contribution in [-0.4, -0.2) is 11.6 Å². The summed E-state index contributed by atoms with van der Waals surface area (Å²) in [6.07, 6.45) is 0. The van der Waals surface area contributed by atoms with Crippen molar-refractivity contribution >= 4 is 40.2 Å². The molecule has 2 N–H and O–H groups in total. The van der Waals surface area contributed by atoms with Crippen LogP contribution in [0, 0.1) is 25.2 Å². The van der Waals surface area contributed by atoms with Gasteiger partial charge >= 0.3 is 0 Å². The normalized spacial score (nSPS) is 15.7. The number of allylic oxidation sites excluding steroid dienone is 1. The Balaban J connectivity index is 2.14. The number of benzene rings is 2. The van der Waals surface area contributed by atoms with Crippen molar-refractivity contribution in [2.75, 3.05) is 10.7 Å². The zero-order valence-electron chi connectivity index (χ0n) is 14.7. The molecule has 1 aliphatic heterocycles. The molecule has 130 valence electrons. The Bertz CT molecular complexity index is 1010. The number of amides is 1. The van der Waals surface area contributed by atoms with Crippen LogP contribution in [0.15, 0.2) is 47.1 Å². The van der Waals surface area contributed by atoms with Crippen LogP contribution in [0.5, 0.6) is 0 Å². The van der Waals surface area contributed by atoms with Gasteiger partial charge in [-0.2, -0.15) is 15.4 Å². The molecule has 26 heavy (non-hydrogen) atoms. The first-order valence-corrected chi connectivity index (χ1v) is 8.38. The highest BCUT2D eigenvalue weighted by atomic mass is 35.5. The van der Waals surface area contributed by atoms with E-state index in [-0.39, 0.29) is 17.1 Å². The molecule has 0 spiro atoms. The number of anilines is 2. The number of carbonyl (C=O) groups excluding carboxylic acids is 1. The summed E-state index contributed by atoms with van der Waals surface area (Å²) >= 11 is 6.02. The lowest BCUT2D eigenvalue weighted by atomic mass is 9.94. The average Bonchev–Trinajstić information content (AvgIpc) is 2.89. The maximum Gasteiger partial charge on any atom is 0.281 e. The van der Waals surface area contributed by atoms with Crippen molar-refractivity contribution < 1.29 is 4.79 Å². The average molecular weight is 365 g/mol. The van der Waals surface area contributed by atoms with Crippen molar-refractivity contribution in [2.45, 2.75) is 20.8 Å². The van der Waals surface area contributed by atoms with Gasteiger partial charge in [0, 0.05) is 10.7 Å². The SMILES string of the molecule is CC1=NN(c2cccc(Cl)c2)C(=O)/C1=C(\C#N)c1cc(C)c(N)c(C)c1. The zero-order valence-corrected chi connectivity index (χ0v) is 15.4. The maximum absolute atomic E-state index is 13.0. The number of nitriles is 1. The van der Waals surface area contributed by atoms with Crippen molar-refractivity contribution in [1.29, 1.82) is 5.26 Å². The molecule has 6 heteroatoms. The summed E-state index contributed by atoms with van der Waals surface area (Å²) in [5.74, 6) is -0.353. The van der Waals surface area contributed by atoms with Gasteiger partial charge in [-0.05, 0) is 67.8 Å². The number of rotatable bonds is 2. The second-order valence-corrected chi connectivity index (χ2v) is 6.60. The molecule has 3 rings (SSSR count). The number of halogens is 1. The van der Waals surface area contributed by atoms with Crippen LogP contribution in [-0.2, 0) is 4.79 Å². The van der Waals surface area contributed by atoms with Crippen molar-refractivity contribution in [3.63, 3.8) is 0 Å². The Kier molecular flexibility index (Phi) is 4.54. The minimum absolute atomic E-state index is 0.284. The summed E-state index contributed by atoms with van der Waals surface area (Å²) in [5, 5.41) is 15.8. The summed E-state index contributed by atoms with van der Waals surface area (Å²) in [6.45, 7) is 5.47. The molecular weight excluding hydrogens is 348 g/mol. The van der Waals surface area contributed by atoms with Gasteiger partial charge in [-0.25, -0.2) is 0 Å². The Morgan fingerprint density at radius 3 is 2.42 bits per heavy atom. The van der Waals surface area contributed by atoms with Gasteiger partial charge in [-0.15, -0.1) is 0 Å². The monoisotopic (exact) mass is 364 g/mol. The first-order valence-electron chi connectivity index (χ1n) is 8.00. The van der Waals surface area contributed by atoms with Gasteiger partial charge in [0.15, 0.2) is 0 Å². The fourth-order valence-corrected chi connectivity index (χ4v) is 3.15. The lowest BCUT2D eigenvalue weighted by Crippen LogP contribution is -2.22. The molecule has 0 atom stereocenters. The molecule has 0 unspecified atom stereocenters. The predicted octanol–water partition coefficient (Wildman–Crippen LogP) is 4.24. The van der Waals surface area contributed by atoms with E-state index in [0.29, 0.717) is 27.7 Å². The molecule has 0 fully saturated rings. The van der Waals surface area contributed by atoms with E-state index >= 15 is 0 Å². The highest BCUT2D eigenvalue weighted by Gasteiger charge is 2.32. The van der Waals surface area contributed by atoms with Gasteiger partial charge in [-0.3, -0.25) is 4.79 Å². The van der Waals surface area contributed by atoms with Crippen molar-refractivity contribution in [3.8, 4) is 6.07 Å². The van der Waals surface area contributed by atoms with E-state index in [0.717, 1.165) is 11.1 Å². The van der Waals surface area contributed by atoms with Gasteiger partial charge in [0.05, 0.1) is 22.5 Å². The Hall–Kier alpha value is -3.10. The van der Waals surface area contributed by atoms with Gasteiger partial charge in [0.1, 0.15) is 6.07 Å². The molecule has 0 saturated carbocycles. The number of carbonyl (C=O) groups is 1. The molecule has 0 aliphatic carbocycles. The van der Waals surface area contributed by atoms with Crippen LogP contribution in [0.1, 0.15) is 23.6 Å². The van der Waals surface area contributed by atoms with Gasteiger partial charge in [0.2, 0.25) is 0 Å². The minimum Gasteiger partial charge on any atom is -0.398 e. The summed E-state index contributed by atoms with van der Waals surface area (Å²) in [5.41, 5.74) is 10.7. The van der Waals surface area contributed by atoms with Gasteiger partial charge < -0.3 is 5.73 Å². The van der Waals surface area contributed by atoms with Crippen LogP contribution in [0.2, 0.25) is 5.02 Å². The molecular formula is C20H17ClN4O. The zero-order chi connectivity index (χ0) is 19.0. The highest BCUT2D eigenvalue weighted by Crippen LogP contribution is 2.31. The number of hydrogen-bond donors (Lipinski definition) is 1. The maximum atomic E-state index is 13.0. The van der Waals surface area contributed by atoms with Crippen molar-refractivity contribution in [1.82, 2.24) is 0 Å². The molecule has 1 amide bonds. The second kappa shape index (κ2) is 6.66. The lowest BCUT2D eigenvalue weighted by molar-refractivity contribution is -0.114. The second-order valence-electron chi connectivity index (χ2n) is 6.17. The molecule has 5 nitrogen and oxygen atoms in total. The van der Waals surface area contributed by atoms with E-state index in [1.165, 1.54) is 5.01 Å². The van der Waals surface area contributed by atoms with E-state index in [4.69, 9.17) is 17.3 Å². The van der Waals surface area contributed by atoms with E-state index in [1.54, 1.807) is 31.2 Å². The third kappa shape index (κ3) is 2.96. The highest BCUT2D eigenvalue weighted by molar-refractivity contribution is 6.35. The van der Waals surface area contributed by atoms with Crippen molar-refractivity contribution in [3.05, 3.63) is 63.7 Å². The van der Waals surface area contributed by atoms with Crippen LogP contribution in [0.4, 0.5) is 11.4 Å². The number of hydrazone groups is 1. The molecule has 0 saturated heterocycles. The fourth-order valence-electron chi connectivity index (χ4n) is 2.96.